The van der Waals surface area contributed by atoms with E-state index in [1.54, 1.807) is 0 Å². The van der Waals surface area contributed by atoms with Crippen LogP contribution in [-0.2, 0) is 28.6 Å². The smallest absolute Gasteiger partial charge is 0.306 e. The van der Waals surface area contributed by atoms with Gasteiger partial charge in [-0.2, -0.15) is 0 Å². The standard InChI is InChI=1S/C74H136O6/c1-4-7-10-13-16-19-22-24-26-28-30-32-33-34-35-36-37-38-39-40-41-43-44-46-48-50-52-55-58-61-64-67-73(76)79-70-71(69-78-72(75)66-63-60-57-54-21-18-15-12-9-6-3)80-74(77)68-65-62-59-56-53-51-49-47-45-42-31-29-27-25-23-20-17-14-11-8-5-2/h7,10,16,19,24,26,30,32,71H,4-6,8-9,11-15,17-18,20-23,25,27-29,31,33-70H2,1-3H3/b10-7-,19-16-,26-24-,32-30-. The lowest BCUT2D eigenvalue weighted by Gasteiger charge is -2.18. The Morgan fingerprint density at radius 1 is 0.263 bits per heavy atom. The number of ether oxygens (including phenoxy) is 3. The summed E-state index contributed by atoms with van der Waals surface area (Å²) in [6.07, 6.45) is 87.3. The van der Waals surface area contributed by atoms with Gasteiger partial charge < -0.3 is 14.2 Å². The predicted molar refractivity (Wildman–Crippen MR) is 349 cm³/mol. The molecule has 468 valence electrons. The molecular weight excluding hydrogens is 985 g/mol. The quantitative estimate of drug-likeness (QED) is 0.0261. The minimum absolute atomic E-state index is 0.0653. The van der Waals surface area contributed by atoms with Crippen molar-refractivity contribution in [3.05, 3.63) is 48.6 Å². The highest BCUT2D eigenvalue weighted by Gasteiger charge is 2.19. The van der Waals surface area contributed by atoms with Gasteiger partial charge in [0, 0.05) is 19.3 Å². The van der Waals surface area contributed by atoms with Crippen LogP contribution >= 0.6 is 0 Å². The van der Waals surface area contributed by atoms with Crippen molar-refractivity contribution in [2.45, 2.75) is 393 Å². The first-order valence-corrected chi connectivity index (χ1v) is 35.6. The first kappa shape index (κ1) is 77.4. The van der Waals surface area contributed by atoms with Crippen LogP contribution in [0, 0.1) is 0 Å². The van der Waals surface area contributed by atoms with E-state index < -0.39 is 6.10 Å². The monoisotopic (exact) mass is 1120 g/mol. The van der Waals surface area contributed by atoms with Crippen molar-refractivity contribution in [1.82, 2.24) is 0 Å². The second kappa shape index (κ2) is 68.9. The fourth-order valence-corrected chi connectivity index (χ4v) is 10.8. The molecule has 0 saturated carbocycles. The highest BCUT2D eigenvalue weighted by Crippen LogP contribution is 2.19. The van der Waals surface area contributed by atoms with Crippen LogP contribution in [0.4, 0.5) is 0 Å². The fourth-order valence-electron chi connectivity index (χ4n) is 10.8. The average molecular weight is 1120 g/mol. The maximum Gasteiger partial charge on any atom is 0.306 e. The van der Waals surface area contributed by atoms with Gasteiger partial charge in [-0.1, -0.05) is 358 Å². The lowest BCUT2D eigenvalue weighted by Crippen LogP contribution is -2.30. The van der Waals surface area contributed by atoms with Crippen molar-refractivity contribution < 1.29 is 28.6 Å². The summed E-state index contributed by atoms with van der Waals surface area (Å²) in [5, 5.41) is 0. The molecule has 0 fully saturated rings. The van der Waals surface area contributed by atoms with Crippen LogP contribution in [0.3, 0.4) is 0 Å². The lowest BCUT2D eigenvalue weighted by atomic mass is 10.0. The zero-order chi connectivity index (χ0) is 57.8. The van der Waals surface area contributed by atoms with Gasteiger partial charge in [-0.15, -0.1) is 0 Å². The van der Waals surface area contributed by atoms with E-state index in [4.69, 9.17) is 14.2 Å². The second-order valence-corrected chi connectivity index (χ2v) is 24.1. The van der Waals surface area contributed by atoms with Crippen molar-refractivity contribution in [2.24, 2.45) is 0 Å². The molecule has 0 rings (SSSR count). The van der Waals surface area contributed by atoms with Crippen LogP contribution in [0.2, 0.25) is 0 Å². The van der Waals surface area contributed by atoms with Crippen LogP contribution in [0.25, 0.3) is 0 Å². The van der Waals surface area contributed by atoms with Crippen molar-refractivity contribution in [3.8, 4) is 0 Å². The normalized spacial score (nSPS) is 12.3. The molecule has 0 radical (unpaired) electrons. The Morgan fingerprint density at radius 2 is 0.487 bits per heavy atom. The Labute approximate surface area is 498 Å². The van der Waals surface area contributed by atoms with Gasteiger partial charge in [0.15, 0.2) is 6.10 Å². The average Bonchev–Trinajstić information content (AvgIpc) is 3.46. The molecular formula is C74H136O6. The Balaban J connectivity index is 4.09. The van der Waals surface area contributed by atoms with Gasteiger partial charge in [0.05, 0.1) is 0 Å². The van der Waals surface area contributed by atoms with Crippen LogP contribution in [0.1, 0.15) is 387 Å². The highest BCUT2D eigenvalue weighted by atomic mass is 16.6. The molecule has 80 heavy (non-hydrogen) atoms. The molecule has 0 aliphatic heterocycles. The van der Waals surface area contributed by atoms with Crippen LogP contribution in [-0.4, -0.2) is 37.2 Å². The number of hydrogen-bond acceptors (Lipinski definition) is 6. The minimum atomic E-state index is -0.767. The molecule has 0 spiro atoms. The van der Waals surface area contributed by atoms with Crippen LogP contribution in [0.15, 0.2) is 48.6 Å². The number of rotatable bonds is 66. The Hall–Kier alpha value is -2.63. The molecule has 6 nitrogen and oxygen atoms in total. The molecule has 0 heterocycles. The molecule has 1 atom stereocenters. The first-order chi connectivity index (χ1) is 39.5. The molecule has 6 heteroatoms. The Morgan fingerprint density at radius 3 is 0.762 bits per heavy atom. The SMILES string of the molecule is CC/C=C\C/C=C\C/C=C\C/C=C\CCCCCCCCCCCCCCCCCCCCC(=O)OCC(COC(=O)CCCCCCCCCCCC)OC(=O)CCCCCCCCCCCCCCCCCCCCCCC. The van der Waals surface area contributed by atoms with E-state index in [1.807, 2.05) is 0 Å². The summed E-state index contributed by atoms with van der Waals surface area (Å²) >= 11 is 0. The highest BCUT2D eigenvalue weighted by molar-refractivity contribution is 5.71. The number of allylic oxidation sites excluding steroid dienone is 8. The van der Waals surface area contributed by atoms with Crippen molar-refractivity contribution in [3.63, 3.8) is 0 Å². The second-order valence-electron chi connectivity index (χ2n) is 24.1. The van der Waals surface area contributed by atoms with E-state index in [0.717, 1.165) is 83.5 Å². The first-order valence-electron chi connectivity index (χ1n) is 35.6. The molecule has 0 saturated heterocycles. The summed E-state index contributed by atoms with van der Waals surface area (Å²) in [6, 6.07) is 0. The summed E-state index contributed by atoms with van der Waals surface area (Å²) in [7, 11) is 0. The van der Waals surface area contributed by atoms with Gasteiger partial charge in [0.2, 0.25) is 0 Å². The third-order valence-corrected chi connectivity index (χ3v) is 16.1. The van der Waals surface area contributed by atoms with E-state index in [9.17, 15) is 14.4 Å². The van der Waals surface area contributed by atoms with Gasteiger partial charge in [-0.3, -0.25) is 14.4 Å². The fraction of sp³-hybridized carbons (Fsp3) is 0.851. The van der Waals surface area contributed by atoms with Crippen molar-refractivity contribution in [1.29, 1.82) is 0 Å². The van der Waals surface area contributed by atoms with E-state index >= 15 is 0 Å². The lowest BCUT2D eigenvalue weighted by molar-refractivity contribution is -0.167. The number of hydrogen-bond donors (Lipinski definition) is 0. The number of unbranched alkanes of at least 4 members (excludes halogenated alkanes) is 47. The number of carbonyl (C=O) groups is 3. The molecule has 0 aromatic carbocycles. The summed E-state index contributed by atoms with van der Waals surface area (Å²) < 4.78 is 17.0. The third-order valence-electron chi connectivity index (χ3n) is 16.1. The van der Waals surface area contributed by atoms with E-state index in [0.29, 0.717) is 19.3 Å². The number of carbonyl (C=O) groups excluding carboxylic acids is 3. The zero-order valence-corrected chi connectivity index (χ0v) is 53.9. The van der Waals surface area contributed by atoms with Gasteiger partial charge in [-0.05, 0) is 57.8 Å². The van der Waals surface area contributed by atoms with Gasteiger partial charge in [-0.25, -0.2) is 0 Å². The summed E-state index contributed by atoms with van der Waals surface area (Å²) in [5.74, 6) is -0.837. The van der Waals surface area contributed by atoms with Crippen molar-refractivity contribution in [2.75, 3.05) is 13.2 Å². The molecule has 0 bridgehead atoms. The van der Waals surface area contributed by atoms with E-state index in [1.165, 1.54) is 263 Å². The largest absolute Gasteiger partial charge is 0.462 e. The van der Waals surface area contributed by atoms with Crippen LogP contribution < -0.4 is 0 Å². The topological polar surface area (TPSA) is 78.9 Å². The van der Waals surface area contributed by atoms with E-state index in [2.05, 4.69) is 69.4 Å². The molecule has 0 aliphatic carbocycles. The summed E-state index contributed by atoms with van der Waals surface area (Å²) in [4.78, 5) is 38.3. The third kappa shape index (κ3) is 66.2. The Bertz CT molecular complexity index is 1380. The maximum absolute atomic E-state index is 12.9. The molecule has 0 amide bonds. The summed E-state index contributed by atoms with van der Waals surface area (Å²) in [6.45, 7) is 6.59. The summed E-state index contributed by atoms with van der Waals surface area (Å²) in [5.41, 5.74) is 0. The molecule has 1 unspecified atom stereocenters. The van der Waals surface area contributed by atoms with Gasteiger partial charge >= 0.3 is 17.9 Å². The van der Waals surface area contributed by atoms with E-state index in [-0.39, 0.29) is 31.1 Å². The molecule has 0 aliphatic rings. The predicted octanol–water partition coefficient (Wildman–Crippen LogP) is 24.5. The maximum atomic E-state index is 12.9. The zero-order valence-electron chi connectivity index (χ0n) is 53.9. The van der Waals surface area contributed by atoms with Crippen molar-refractivity contribution >= 4 is 17.9 Å². The molecule has 0 N–H and O–H groups in total. The molecule has 0 aromatic heterocycles. The van der Waals surface area contributed by atoms with Gasteiger partial charge in [0.1, 0.15) is 13.2 Å². The van der Waals surface area contributed by atoms with Gasteiger partial charge in [0.25, 0.3) is 0 Å². The molecule has 0 aromatic rings. The Kier molecular flexibility index (Phi) is 66.6. The minimum Gasteiger partial charge on any atom is -0.462 e. The number of esters is 3. The van der Waals surface area contributed by atoms with Crippen LogP contribution in [0.5, 0.6) is 0 Å².